The molecule has 2 aromatic rings. The van der Waals surface area contributed by atoms with Crippen molar-refractivity contribution in [3.8, 4) is 0 Å². The number of ether oxygens (including phenoxy) is 2. The molecule has 0 fully saturated rings. The number of aromatic amines is 2. The van der Waals surface area contributed by atoms with Crippen LogP contribution in [0, 0.1) is 13.8 Å². The fourth-order valence-corrected chi connectivity index (χ4v) is 2.27. The van der Waals surface area contributed by atoms with Crippen molar-refractivity contribution in [2.24, 2.45) is 0 Å². The van der Waals surface area contributed by atoms with Crippen LogP contribution >= 0.6 is 0 Å². The van der Waals surface area contributed by atoms with E-state index in [-0.39, 0.29) is 43.9 Å². The Hall–Kier alpha value is -3.70. The van der Waals surface area contributed by atoms with Gasteiger partial charge in [0.05, 0.1) is 13.2 Å². The molecular weight excluding hydrogens is 388 g/mol. The summed E-state index contributed by atoms with van der Waals surface area (Å²) in [5.74, 6) is -1.39. The van der Waals surface area contributed by atoms with Crippen molar-refractivity contribution in [3.05, 3.63) is 65.2 Å². The lowest BCUT2D eigenvalue weighted by molar-refractivity contribution is -0.147. The summed E-state index contributed by atoms with van der Waals surface area (Å²) in [6.45, 7) is 2.14. The maximum atomic E-state index is 11.7. The minimum atomic E-state index is -0.723. The van der Waals surface area contributed by atoms with Crippen LogP contribution in [0.15, 0.2) is 31.6 Å². The predicted octanol–water partition coefficient (Wildman–Crippen LogP) is -1.82. The van der Waals surface area contributed by atoms with Gasteiger partial charge in [0.25, 0.3) is 11.1 Å². The van der Waals surface area contributed by atoms with Crippen LogP contribution in [0.5, 0.6) is 0 Å². The molecule has 2 aromatic heterocycles. The van der Waals surface area contributed by atoms with Gasteiger partial charge in [-0.05, 0) is 13.8 Å². The van der Waals surface area contributed by atoms with E-state index in [1.807, 2.05) is 0 Å². The van der Waals surface area contributed by atoms with Crippen LogP contribution in [-0.4, -0.2) is 44.3 Å². The third-order valence-corrected chi connectivity index (χ3v) is 3.79. The zero-order chi connectivity index (χ0) is 21.6. The second-order valence-electron chi connectivity index (χ2n) is 6.19. The molecule has 12 heteroatoms. The predicted molar refractivity (Wildman–Crippen MR) is 98.7 cm³/mol. The lowest BCUT2D eigenvalue weighted by atomic mass is 10.4. The summed E-state index contributed by atoms with van der Waals surface area (Å²) in [5.41, 5.74) is -1.94. The first-order valence-electron chi connectivity index (χ1n) is 8.59. The van der Waals surface area contributed by atoms with E-state index in [2.05, 4.69) is 9.97 Å². The molecule has 0 aliphatic heterocycles. The van der Waals surface area contributed by atoms with Crippen LogP contribution in [0.1, 0.15) is 17.5 Å². The fourth-order valence-electron chi connectivity index (χ4n) is 2.27. The van der Waals surface area contributed by atoms with Gasteiger partial charge in [0.2, 0.25) is 0 Å². The van der Waals surface area contributed by atoms with Gasteiger partial charge in [-0.1, -0.05) is 0 Å². The molecular formula is C17H20N4O8. The number of aryl methyl sites for hydroxylation is 2. The Morgan fingerprint density at radius 1 is 0.793 bits per heavy atom. The van der Waals surface area contributed by atoms with E-state index in [0.29, 0.717) is 0 Å². The molecule has 0 saturated carbocycles. The van der Waals surface area contributed by atoms with E-state index in [4.69, 9.17) is 9.47 Å². The highest BCUT2D eigenvalue weighted by Gasteiger charge is 2.10. The topological polar surface area (TPSA) is 162 Å². The molecule has 12 nitrogen and oxygen atoms in total. The van der Waals surface area contributed by atoms with E-state index < -0.39 is 34.4 Å². The summed E-state index contributed by atoms with van der Waals surface area (Å²) in [4.78, 5) is 73.4. The highest BCUT2D eigenvalue weighted by Crippen LogP contribution is 1.93. The second-order valence-corrected chi connectivity index (χ2v) is 6.19. The van der Waals surface area contributed by atoms with Gasteiger partial charge in [0.1, 0.15) is 13.1 Å². The quantitative estimate of drug-likeness (QED) is 0.381. The Labute approximate surface area is 162 Å². The number of rotatable bonds is 8. The molecule has 2 N–H and O–H groups in total. The Bertz CT molecular complexity index is 1050. The molecule has 2 heterocycles. The largest absolute Gasteiger partial charge is 0.464 e. The molecule has 0 aliphatic rings. The minimum absolute atomic E-state index is 0.0547. The first kappa shape index (κ1) is 21.6. The van der Waals surface area contributed by atoms with E-state index in [1.165, 1.54) is 26.2 Å². The van der Waals surface area contributed by atoms with Gasteiger partial charge in [0.15, 0.2) is 0 Å². The van der Waals surface area contributed by atoms with Crippen LogP contribution in [-0.2, 0) is 32.2 Å². The van der Waals surface area contributed by atoms with Gasteiger partial charge in [-0.15, -0.1) is 0 Å². The molecule has 0 radical (unpaired) electrons. The Morgan fingerprint density at radius 3 is 1.55 bits per heavy atom. The molecule has 0 amide bonds. The highest BCUT2D eigenvalue weighted by molar-refractivity contribution is 5.69. The molecule has 0 bridgehead atoms. The number of H-pyrrole nitrogens is 2. The van der Waals surface area contributed by atoms with Crippen molar-refractivity contribution in [2.45, 2.75) is 33.4 Å². The molecule has 0 unspecified atom stereocenters. The summed E-state index contributed by atoms with van der Waals surface area (Å²) in [7, 11) is 0. The molecule has 0 spiro atoms. The third kappa shape index (κ3) is 6.16. The number of carbonyl (C=O) groups is 2. The number of nitrogens with zero attached hydrogens (tertiary/aromatic N) is 2. The molecule has 156 valence electrons. The number of carbonyl (C=O) groups excluding carboxylic acids is 2. The van der Waals surface area contributed by atoms with Gasteiger partial charge in [0, 0.05) is 29.9 Å². The molecule has 0 atom stereocenters. The third-order valence-electron chi connectivity index (χ3n) is 3.79. The average molecular weight is 408 g/mol. The van der Waals surface area contributed by atoms with E-state index in [0.717, 1.165) is 9.13 Å². The van der Waals surface area contributed by atoms with Gasteiger partial charge >= 0.3 is 23.3 Å². The maximum Gasteiger partial charge on any atom is 0.328 e. The van der Waals surface area contributed by atoms with Gasteiger partial charge in [-0.25, -0.2) is 9.59 Å². The number of nitrogens with one attached hydrogen (secondary N) is 2. The van der Waals surface area contributed by atoms with Crippen molar-refractivity contribution in [3.63, 3.8) is 0 Å². The summed E-state index contributed by atoms with van der Waals surface area (Å²) >= 11 is 0. The smallest absolute Gasteiger partial charge is 0.328 e. The number of hydrogen-bond donors (Lipinski definition) is 2. The SMILES string of the molecule is Cc1cn(CC(=O)OCCCOC(=O)Cn2cc(C)c(=O)[nH]c2=O)c(=O)[nH]c1=O. The van der Waals surface area contributed by atoms with Crippen LogP contribution in [0.25, 0.3) is 0 Å². The molecule has 29 heavy (non-hydrogen) atoms. The molecule has 2 rings (SSSR count). The monoisotopic (exact) mass is 408 g/mol. The average Bonchev–Trinajstić information content (AvgIpc) is 2.64. The van der Waals surface area contributed by atoms with E-state index in [9.17, 15) is 28.8 Å². The minimum Gasteiger partial charge on any atom is -0.464 e. The molecule has 0 saturated heterocycles. The highest BCUT2D eigenvalue weighted by atomic mass is 16.5. The Kier molecular flexibility index (Phi) is 7.06. The van der Waals surface area contributed by atoms with Crippen molar-refractivity contribution in [1.29, 1.82) is 0 Å². The van der Waals surface area contributed by atoms with Crippen LogP contribution < -0.4 is 22.5 Å². The van der Waals surface area contributed by atoms with Crippen molar-refractivity contribution in [1.82, 2.24) is 19.1 Å². The Morgan fingerprint density at radius 2 is 1.17 bits per heavy atom. The summed E-state index contributed by atoms with van der Waals surface area (Å²) in [6.07, 6.45) is 2.71. The van der Waals surface area contributed by atoms with Crippen LogP contribution in [0.4, 0.5) is 0 Å². The standard InChI is InChI=1S/C17H20N4O8/c1-10-6-20(16(26)18-14(10)24)8-12(22)28-4-3-5-29-13(23)9-21-7-11(2)15(25)19-17(21)27/h6-7H,3-5,8-9H2,1-2H3,(H,18,24,26)(H,19,25,27). The van der Waals surface area contributed by atoms with Gasteiger partial charge in [-0.3, -0.25) is 38.3 Å². The molecule has 0 aromatic carbocycles. The number of esters is 2. The lowest BCUT2D eigenvalue weighted by Gasteiger charge is -2.08. The zero-order valence-corrected chi connectivity index (χ0v) is 15.9. The number of hydrogen-bond acceptors (Lipinski definition) is 8. The maximum absolute atomic E-state index is 11.7. The normalized spacial score (nSPS) is 10.6. The fraction of sp³-hybridized carbons (Fsp3) is 0.412. The van der Waals surface area contributed by atoms with E-state index in [1.54, 1.807) is 0 Å². The number of aromatic nitrogens is 4. The molecule has 0 aliphatic carbocycles. The lowest BCUT2D eigenvalue weighted by Crippen LogP contribution is -2.33. The summed E-state index contributed by atoms with van der Waals surface area (Å²) < 4.78 is 11.9. The summed E-state index contributed by atoms with van der Waals surface area (Å²) in [5, 5.41) is 0. The van der Waals surface area contributed by atoms with Crippen molar-refractivity contribution in [2.75, 3.05) is 13.2 Å². The van der Waals surface area contributed by atoms with Crippen LogP contribution in [0.3, 0.4) is 0 Å². The van der Waals surface area contributed by atoms with Gasteiger partial charge in [-0.2, -0.15) is 0 Å². The van der Waals surface area contributed by atoms with Crippen LogP contribution in [0.2, 0.25) is 0 Å². The van der Waals surface area contributed by atoms with Crippen molar-refractivity contribution < 1.29 is 19.1 Å². The first-order chi connectivity index (χ1) is 13.7. The Balaban J connectivity index is 1.73. The van der Waals surface area contributed by atoms with Gasteiger partial charge < -0.3 is 9.47 Å². The van der Waals surface area contributed by atoms with E-state index >= 15 is 0 Å². The zero-order valence-electron chi connectivity index (χ0n) is 15.9. The first-order valence-corrected chi connectivity index (χ1v) is 8.59. The second kappa shape index (κ2) is 9.48. The summed E-state index contributed by atoms with van der Waals surface area (Å²) in [6, 6.07) is 0. The van der Waals surface area contributed by atoms with Crippen molar-refractivity contribution >= 4 is 11.9 Å².